The topological polar surface area (TPSA) is 105 Å². The third-order valence-corrected chi connectivity index (χ3v) is 3.98. The first kappa shape index (κ1) is 17.3. The second kappa shape index (κ2) is 6.75. The van der Waals surface area contributed by atoms with Crippen molar-refractivity contribution in [2.75, 3.05) is 0 Å². The summed E-state index contributed by atoms with van der Waals surface area (Å²) in [6.07, 6.45) is 0. The number of carbonyl (C=O) groups excluding carboxylic acids is 1. The molecule has 8 heteroatoms. The smallest absolute Gasteiger partial charge is 0.269 e. The molecule has 7 nitrogen and oxygen atoms in total. The number of non-ortho nitro benzene ring substituents is 1. The second-order valence-corrected chi connectivity index (χ2v) is 5.78. The molecule has 3 aromatic rings. The zero-order chi connectivity index (χ0) is 18.8. The molecule has 0 radical (unpaired) electrons. The molecule has 0 aliphatic heterocycles. The van der Waals surface area contributed by atoms with E-state index in [0.717, 1.165) is 12.1 Å². The summed E-state index contributed by atoms with van der Waals surface area (Å²) in [4.78, 5) is 37.3. The summed E-state index contributed by atoms with van der Waals surface area (Å²) < 4.78 is 13.5. The normalized spacial score (nSPS) is 11.9. The molecule has 0 saturated carbocycles. The van der Waals surface area contributed by atoms with Crippen molar-refractivity contribution in [3.63, 3.8) is 0 Å². The van der Waals surface area contributed by atoms with E-state index in [2.05, 4.69) is 10.3 Å². The van der Waals surface area contributed by atoms with Gasteiger partial charge in [0.25, 0.3) is 11.6 Å². The Hall–Kier alpha value is -3.55. The van der Waals surface area contributed by atoms with E-state index in [9.17, 15) is 24.1 Å². The van der Waals surface area contributed by atoms with Crippen LogP contribution >= 0.6 is 0 Å². The molecule has 132 valence electrons. The highest BCUT2D eigenvalue weighted by Gasteiger charge is 2.17. The van der Waals surface area contributed by atoms with E-state index in [0.29, 0.717) is 11.1 Å². The fourth-order valence-electron chi connectivity index (χ4n) is 2.68. The van der Waals surface area contributed by atoms with E-state index < -0.39 is 28.2 Å². The fraction of sp³-hybridized carbons (Fsp3) is 0.111. The van der Waals surface area contributed by atoms with Gasteiger partial charge in [0.05, 0.1) is 16.5 Å². The second-order valence-electron chi connectivity index (χ2n) is 5.78. The van der Waals surface area contributed by atoms with Crippen LogP contribution in [0.1, 0.15) is 28.9 Å². The van der Waals surface area contributed by atoms with Gasteiger partial charge in [-0.25, -0.2) is 4.39 Å². The zero-order valence-corrected chi connectivity index (χ0v) is 13.7. The maximum Gasteiger partial charge on any atom is 0.269 e. The van der Waals surface area contributed by atoms with Crippen LogP contribution in [-0.2, 0) is 0 Å². The standard InChI is InChI=1S/C18H14FN3O4/c1-10(11-3-2-4-13(7-11)22(25)26)20-18(24)15-9-17(23)21-16-6-5-12(19)8-14(15)16/h2-10H,1H3,(H,20,24)(H,21,23). The largest absolute Gasteiger partial charge is 0.345 e. The highest BCUT2D eigenvalue weighted by Crippen LogP contribution is 2.21. The fourth-order valence-corrected chi connectivity index (χ4v) is 2.68. The van der Waals surface area contributed by atoms with Crippen molar-refractivity contribution in [2.24, 2.45) is 0 Å². The molecular weight excluding hydrogens is 341 g/mol. The molecule has 3 rings (SSSR count). The highest BCUT2D eigenvalue weighted by molar-refractivity contribution is 6.06. The number of nitro benzene ring substituents is 1. The molecule has 2 N–H and O–H groups in total. The van der Waals surface area contributed by atoms with Crippen LogP contribution in [0.2, 0.25) is 0 Å². The number of fused-ring (bicyclic) bond motifs is 1. The number of benzene rings is 2. The Morgan fingerprint density at radius 1 is 1.23 bits per heavy atom. The summed E-state index contributed by atoms with van der Waals surface area (Å²) in [5.41, 5.74) is 0.324. The van der Waals surface area contributed by atoms with Gasteiger partial charge in [-0.1, -0.05) is 12.1 Å². The zero-order valence-electron chi connectivity index (χ0n) is 13.7. The number of amides is 1. The van der Waals surface area contributed by atoms with E-state index in [1.807, 2.05) is 0 Å². The number of aromatic nitrogens is 1. The Labute approximate surface area is 146 Å². The van der Waals surface area contributed by atoms with E-state index in [-0.39, 0.29) is 16.6 Å². The SMILES string of the molecule is CC(NC(=O)c1cc(=O)[nH]c2ccc(F)cc12)c1cccc([N+](=O)[O-])c1. The third-order valence-electron chi connectivity index (χ3n) is 3.98. The summed E-state index contributed by atoms with van der Waals surface area (Å²) in [6.45, 7) is 1.66. The van der Waals surface area contributed by atoms with Gasteiger partial charge in [-0.2, -0.15) is 0 Å². The van der Waals surface area contributed by atoms with Crippen molar-refractivity contribution in [3.8, 4) is 0 Å². The maximum absolute atomic E-state index is 13.5. The lowest BCUT2D eigenvalue weighted by Crippen LogP contribution is -2.28. The van der Waals surface area contributed by atoms with Gasteiger partial charge in [-0.05, 0) is 30.7 Å². The number of pyridine rings is 1. The van der Waals surface area contributed by atoms with Crippen LogP contribution < -0.4 is 10.9 Å². The maximum atomic E-state index is 13.5. The van der Waals surface area contributed by atoms with Crippen LogP contribution in [0.5, 0.6) is 0 Å². The number of hydrogen-bond donors (Lipinski definition) is 2. The van der Waals surface area contributed by atoms with Crippen molar-refractivity contribution < 1.29 is 14.1 Å². The predicted octanol–water partition coefficient (Wildman–Crippen LogP) is 3.07. The van der Waals surface area contributed by atoms with Crippen molar-refractivity contribution >= 4 is 22.5 Å². The predicted molar refractivity (Wildman–Crippen MR) is 93.5 cm³/mol. The van der Waals surface area contributed by atoms with E-state index in [1.54, 1.807) is 13.0 Å². The average molecular weight is 355 g/mol. The minimum Gasteiger partial charge on any atom is -0.345 e. The van der Waals surface area contributed by atoms with Crippen LogP contribution in [-0.4, -0.2) is 15.8 Å². The number of carbonyl (C=O) groups is 1. The Morgan fingerprint density at radius 2 is 2.00 bits per heavy atom. The van der Waals surface area contributed by atoms with Crippen molar-refractivity contribution in [3.05, 3.63) is 85.9 Å². The number of nitro groups is 1. The quantitative estimate of drug-likeness (QED) is 0.554. The summed E-state index contributed by atoms with van der Waals surface area (Å²) in [5.74, 6) is -1.11. The first-order valence-corrected chi connectivity index (χ1v) is 7.73. The molecule has 2 aromatic carbocycles. The number of nitrogens with one attached hydrogen (secondary N) is 2. The Balaban J connectivity index is 1.94. The number of hydrogen-bond acceptors (Lipinski definition) is 4. The van der Waals surface area contributed by atoms with E-state index in [4.69, 9.17) is 0 Å². The van der Waals surface area contributed by atoms with Crippen LogP contribution in [0.25, 0.3) is 10.9 Å². The molecule has 0 spiro atoms. The monoisotopic (exact) mass is 355 g/mol. The van der Waals surface area contributed by atoms with Gasteiger partial charge in [0.15, 0.2) is 0 Å². The van der Waals surface area contributed by atoms with Crippen LogP contribution in [0.4, 0.5) is 10.1 Å². The van der Waals surface area contributed by atoms with Gasteiger partial charge in [0.2, 0.25) is 5.56 Å². The van der Waals surface area contributed by atoms with Gasteiger partial charge in [-0.15, -0.1) is 0 Å². The Morgan fingerprint density at radius 3 is 2.73 bits per heavy atom. The van der Waals surface area contributed by atoms with Gasteiger partial charge >= 0.3 is 0 Å². The van der Waals surface area contributed by atoms with Crippen molar-refractivity contribution in [2.45, 2.75) is 13.0 Å². The lowest BCUT2D eigenvalue weighted by atomic mass is 10.1. The van der Waals surface area contributed by atoms with E-state index >= 15 is 0 Å². The number of H-pyrrole nitrogens is 1. The summed E-state index contributed by atoms with van der Waals surface area (Å²) in [5, 5.41) is 13.8. The Bertz CT molecular complexity index is 1080. The molecule has 0 fully saturated rings. The lowest BCUT2D eigenvalue weighted by molar-refractivity contribution is -0.384. The molecule has 1 amide bonds. The molecule has 0 aliphatic carbocycles. The Kier molecular flexibility index (Phi) is 4.49. The molecule has 0 aliphatic rings. The van der Waals surface area contributed by atoms with Gasteiger partial charge in [0, 0.05) is 29.1 Å². The molecule has 26 heavy (non-hydrogen) atoms. The van der Waals surface area contributed by atoms with Crippen molar-refractivity contribution in [1.29, 1.82) is 0 Å². The number of aromatic amines is 1. The number of nitrogens with zero attached hydrogens (tertiary/aromatic N) is 1. The molecule has 0 bridgehead atoms. The number of halogens is 1. The highest BCUT2D eigenvalue weighted by atomic mass is 19.1. The first-order valence-electron chi connectivity index (χ1n) is 7.73. The minimum atomic E-state index is -0.578. The molecule has 1 unspecified atom stereocenters. The molecule has 0 saturated heterocycles. The summed E-state index contributed by atoms with van der Waals surface area (Å²) in [6, 6.07) is 10.2. The van der Waals surface area contributed by atoms with Crippen LogP contribution in [0.15, 0.2) is 53.3 Å². The van der Waals surface area contributed by atoms with Crippen LogP contribution in [0, 0.1) is 15.9 Å². The van der Waals surface area contributed by atoms with Gasteiger partial charge < -0.3 is 10.3 Å². The summed E-state index contributed by atoms with van der Waals surface area (Å²) in [7, 11) is 0. The van der Waals surface area contributed by atoms with Gasteiger partial charge in [-0.3, -0.25) is 19.7 Å². The number of rotatable bonds is 4. The lowest BCUT2D eigenvalue weighted by Gasteiger charge is -2.15. The first-order chi connectivity index (χ1) is 12.3. The molecule has 1 heterocycles. The van der Waals surface area contributed by atoms with E-state index in [1.165, 1.54) is 30.3 Å². The molecule has 1 aromatic heterocycles. The van der Waals surface area contributed by atoms with Gasteiger partial charge in [0.1, 0.15) is 5.82 Å². The molecule has 1 atom stereocenters. The summed E-state index contributed by atoms with van der Waals surface area (Å²) >= 11 is 0. The van der Waals surface area contributed by atoms with Crippen LogP contribution in [0.3, 0.4) is 0 Å². The van der Waals surface area contributed by atoms with Crippen molar-refractivity contribution in [1.82, 2.24) is 10.3 Å². The average Bonchev–Trinajstić information content (AvgIpc) is 2.61. The molecular formula is C18H14FN3O4. The minimum absolute atomic E-state index is 0.0283. The third kappa shape index (κ3) is 3.44.